The van der Waals surface area contributed by atoms with Crippen molar-refractivity contribution in [2.45, 2.75) is 53.0 Å². The third-order valence-corrected chi connectivity index (χ3v) is 8.32. The molecule has 0 spiro atoms. The van der Waals surface area contributed by atoms with Gasteiger partial charge in [-0.25, -0.2) is 14.8 Å². The van der Waals surface area contributed by atoms with E-state index in [4.69, 9.17) is 9.47 Å². The van der Waals surface area contributed by atoms with E-state index < -0.39 is 29.5 Å². The number of benzene rings is 1. The summed E-state index contributed by atoms with van der Waals surface area (Å²) in [6.45, 7) is 7.79. The molecule has 3 aromatic rings. The molecular formula is C27H29N3O6S2. The Balaban J connectivity index is 1.82. The van der Waals surface area contributed by atoms with Crippen molar-refractivity contribution >= 4 is 45.5 Å². The van der Waals surface area contributed by atoms with Gasteiger partial charge in [0.05, 0.1) is 46.6 Å². The Morgan fingerprint density at radius 2 is 1.82 bits per heavy atom. The van der Waals surface area contributed by atoms with Crippen LogP contribution < -0.4 is 9.64 Å². The number of thiazole rings is 2. The smallest absolute Gasteiger partial charge is 0.350 e. The zero-order valence-electron chi connectivity index (χ0n) is 21.9. The van der Waals surface area contributed by atoms with E-state index in [-0.39, 0.29) is 15.6 Å². The molecule has 11 heteroatoms. The van der Waals surface area contributed by atoms with E-state index in [1.807, 2.05) is 0 Å². The highest BCUT2D eigenvalue weighted by molar-refractivity contribution is 7.17. The Morgan fingerprint density at radius 3 is 2.47 bits per heavy atom. The van der Waals surface area contributed by atoms with Crippen LogP contribution in [0, 0.1) is 20.8 Å². The van der Waals surface area contributed by atoms with Crippen LogP contribution in [-0.2, 0) is 9.53 Å². The van der Waals surface area contributed by atoms with Crippen molar-refractivity contribution < 1.29 is 29.0 Å². The number of aliphatic hydroxyl groups excluding tert-OH is 1. The van der Waals surface area contributed by atoms with Crippen LogP contribution in [0.25, 0.3) is 0 Å². The molecule has 0 radical (unpaired) electrons. The molecule has 1 aliphatic heterocycles. The Kier molecular flexibility index (Phi) is 8.27. The molecule has 4 rings (SSSR count). The van der Waals surface area contributed by atoms with E-state index in [0.29, 0.717) is 39.2 Å². The van der Waals surface area contributed by atoms with E-state index in [9.17, 15) is 19.5 Å². The van der Waals surface area contributed by atoms with Crippen molar-refractivity contribution in [1.29, 1.82) is 0 Å². The maximum atomic E-state index is 13.8. The highest BCUT2D eigenvalue weighted by Gasteiger charge is 2.47. The third-order valence-electron chi connectivity index (χ3n) is 6.12. The fourth-order valence-corrected chi connectivity index (χ4v) is 6.18. The number of unbranched alkanes of at least 4 members (excludes halogenated alkanes) is 2. The zero-order chi connectivity index (χ0) is 27.6. The number of ketones is 1. The minimum Gasteiger partial charge on any atom is -0.503 e. The SMILES string of the molecule is CCCCCOc1cccc(C2C(C(=O)c3sc(C)nc3C)=C(O)C(=O)N2c2nc(C)c(C(=O)OC)s2)c1. The van der Waals surface area contributed by atoms with Crippen LogP contribution in [0.1, 0.15) is 73.5 Å². The normalized spacial score (nSPS) is 15.3. The van der Waals surface area contributed by atoms with Gasteiger partial charge in [-0.15, -0.1) is 11.3 Å². The van der Waals surface area contributed by atoms with E-state index in [1.54, 1.807) is 45.0 Å². The summed E-state index contributed by atoms with van der Waals surface area (Å²) < 4.78 is 10.8. The van der Waals surface area contributed by atoms with Gasteiger partial charge in [-0.3, -0.25) is 14.5 Å². The number of nitrogens with zero attached hydrogens (tertiary/aromatic N) is 3. The lowest BCUT2D eigenvalue weighted by Crippen LogP contribution is -2.31. The van der Waals surface area contributed by atoms with Crippen molar-refractivity contribution in [1.82, 2.24) is 9.97 Å². The van der Waals surface area contributed by atoms with Crippen LogP contribution in [0.15, 0.2) is 35.6 Å². The summed E-state index contributed by atoms with van der Waals surface area (Å²) in [6, 6.07) is 6.12. The van der Waals surface area contributed by atoms with Crippen LogP contribution in [0.5, 0.6) is 5.75 Å². The number of hydrogen-bond donors (Lipinski definition) is 1. The van der Waals surface area contributed by atoms with Crippen molar-refractivity contribution in [3.63, 3.8) is 0 Å². The van der Waals surface area contributed by atoms with Gasteiger partial charge in [-0.2, -0.15) is 0 Å². The maximum absolute atomic E-state index is 13.8. The molecule has 1 unspecified atom stereocenters. The van der Waals surface area contributed by atoms with Crippen molar-refractivity contribution in [2.75, 3.05) is 18.6 Å². The van der Waals surface area contributed by atoms with Gasteiger partial charge in [0.15, 0.2) is 10.9 Å². The highest BCUT2D eigenvalue weighted by Crippen LogP contribution is 2.45. The molecule has 1 aliphatic rings. The lowest BCUT2D eigenvalue weighted by atomic mass is 9.95. The largest absolute Gasteiger partial charge is 0.503 e. The number of aliphatic hydroxyl groups is 1. The number of rotatable bonds is 10. The molecule has 0 aliphatic carbocycles. The Hall–Kier alpha value is -3.57. The fraction of sp³-hybridized carbons (Fsp3) is 0.370. The zero-order valence-corrected chi connectivity index (χ0v) is 23.5. The average Bonchev–Trinajstić information content (AvgIpc) is 3.53. The summed E-state index contributed by atoms with van der Waals surface area (Å²) in [6.07, 6.45) is 3.01. The van der Waals surface area contributed by atoms with Crippen LogP contribution in [0.4, 0.5) is 5.13 Å². The Labute approximate surface area is 228 Å². The van der Waals surface area contributed by atoms with Gasteiger partial charge in [-0.1, -0.05) is 43.2 Å². The Morgan fingerprint density at radius 1 is 1.08 bits per heavy atom. The molecule has 0 saturated heterocycles. The molecule has 1 N–H and O–H groups in total. The minimum atomic E-state index is -0.993. The second kappa shape index (κ2) is 11.4. The first-order chi connectivity index (χ1) is 18.2. The molecule has 1 atom stereocenters. The molecule has 1 aromatic carbocycles. The number of methoxy groups -OCH3 is 1. The molecule has 2 aromatic heterocycles. The standard InChI is InChI=1S/C27H29N3O6S2/c1-6-7-8-12-36-18-11-9-10-17(13-18)20-19(21(31)23-14(2)28-16(4)37-23)22(32)25(33)30(20)27-29-15(3)24(38-27)26(34)35-5/h9-11,13,20,32H,6-8,12H2,1-5H3. The number of aryl methyl sites for hydroxylation is 3. The number of Topliss-reactive ketones (excluding diaryl/α,β-unsaturated/α-hetero) is 1. The van der Waals surface area contributed by atoms with E-state index in [1.165, 1.54) is 23.3 Å². The molecule has 0 saturated carbocycles. The first kappa shape index (κ1) is 27.5. The molecule has 0 fully saturated rings. The van der Waals surface area contributed by atoms with E-state index >= 15 is 0 Å². The fourth-order valence-electron chi connectivity index (χ4n) is 4.30. The van der Waals surface area contributed by atoms with Gasteiger partial charge in [0.25, 0.3) is 5.91 Å². The lowest BCUT2D eigenvalue weighted by Gasteiger charge is -2.25. The quantitative estimate of drug-likeness (QED) is 0.193. The van der Waals surface area contributed by atoms with Gasteiger partial charge >= 0.3 is 5.97 Å². The lowest BCUT2D eigenvalue weighted by molar-refractivity contribution is -0.117. The number of anilines is 1. The number of hydrogen-bond acceptors (Lipinski definition) is 10. The van der Waals surface area contributed by atoms with Gasteiger partial charge in [0.1, 0.15) is 10.6 Å². The Bertz CT molecular complexity index is 1420. The van der Waals surface area contributed by atoms with Crippen LogP contribution in [0.3, 0.4) is 0 Å². The summed E-state index contributed by atoms with van der Waals surface area (Å²) >= 11 is 2.17. The summed E-state index contributed by atoms with van der Waals surface area (Å²) in [5.41, 5.74) is 1.39. The first-order valence-corrected chi connectivity index (χ1v) is 13.8. The highest BCUT2D eigenvalue weighted by atomic mass is 32.1. The van der Waals surface area contributed by atoms with Gasteiger partial charge < -0.3 is 14.6 Å². The van der Waals surface area contributed by atoms with E-state index in [2.05, 4.69) is 16.9 Å². The molecular weight excluding hydrogens is 526 g/mol. The second-order valence-corrected chi connectivity index (χ2v) is 11.0. The van der Waals surface area contributed by atoms with Crippen LogP contribution in [0.2, 0.25) is 0 Å². The van der Waals surface area contributed by atoms with Crippen molar-refractivity contribution in [2.24, 2.45) is 0 Å². The summed E-state index contributed by atoms with van der Waals surface area (Å²) in [5, 5.41) is 11.9. The predicted molar refractivity (Wildman–Crippen MR) is 145 cm³/mol. The first-order valence-electron chi connectivity index (χ1n) is 12.2. The molecule has 0 bridgehead atoms. The molecule has 200 valence electrons. The monoisotopic (exact) mass is 555 g/mol. The topological polar surface area (TPSA) is 119 Å². The average molecular weight is 556 g/mol. The van der Waals surface area contributed by atoms with Crippen molar-refractivity contribution in [3.8, 4) is 5.75 Å². The number of esters is 1. The third kappa shape index (κ3) is 5.21. The number of carbonyl (C=O) groups excluding carboxylic acids is 3. The number of ether oxygens (including phenoxy) is 2. The minimum absolute atomic E-state index is 0.0719. The molecule has 3 heterocycles. The second-order valence-electron chi connectivity index (χ2n) is 8.85. The maximum Gasteiger partial charge on any atom is 0.350 e. The van der Waals surface area contributed by atoms with Gasteiger partial charge in [0.2, 0.25) is 5.78 Å². The predicted octanol–water partition coefficient (Wildman–Crippen LogP) is 5.66. The van der Waals surface area contributed by atoms with Crippen molar-refractivity contribution in [3.05, 3.63) is 67.3 Å². The summed E-state index contributed by atoms with van der Waals surface area (Å²) in [7, 11) is 1.26. The van der Waals surface area contributed by atoms with Gasteiger partial charge in [-0.05, 0) is 44.9 Å². The number of aromatic nitrogens is 2. The van der Waals surface area contributed by atoms with E-state index in [0.717, 1.165) is 30.6 Å². The summed E-state index contributed by atoms with van der Waals surface area (Å²) in [5.74, 6) is -1.92. The number of carbonyl (C=O) groups is 3. The van der Waals surface area contributed by atoms with Gasteiger partial charge in [0, 0.05) is 0 Å². The molecule has 9 nitrogen and oxygen atoms in total. The van der Waals surface area contributed by atoms with Crippen LogP contribution >= 0.6 is 22.7 Å². The molecule has 1 amide bonds. The summed E-state index contributed by atoms with van der Waals surface area (Å²) in [4.78, 5) is 50.2. The molecule has 38 heavy (non-hydrogen) atoms. The van der Waals surface area contributed by atoms with Crippen LogP contribution in [-0.4, -0.2) is 46.5 Å². The number of amides is 1.